The van der Waals surface area contributed by atoms with Crippen molar-refractivity contribution in [2.45, 2.75) is 13.3 Å². The van der Waals surface area contributed by atoms with Crippen LogP contribution in [0.3, 0.4) is 0 Å². The van der Waals surface area contributed by atoms with Crippen LogP contribution in [-0.4, -0.2) is 13.1 Å². The summed E-state index contributed by atoms with van der Waals surface area (Å²) in [5.74, 6) is -0.183. The van der Waals surface area contributed by atoms with Gasteiger partial charge in [-0.15, -0.1) is 0 Å². The van der Waals surface area contributed by atoms with Crippen LogP contribution < -0.4 is 5.32 Å². The maximum absolute atomic E-state index is 12.8. The zero-order chi connectivity index (χ0) is 10.2. The smallest absolute Gasteiger partial charge is 0.124 e. The van der Waals surface area contributed by atoms with E-state index in [0.717, 1.165) is 24.0 Å². The normalized spacial score (nSPS) is 19.1. The highest BCUT2D eigenvalue weighted by atomic mass is 79.9. The van der Waals surface area contributed by atoms with E-state index in [1.165, 1.54) is 17.7 Å². The molecule has 0 saturated carbocycles. The van der Waals surface area contributed by atoms with E-state index < -0.39 is 0 Å². The third-order valence-corrected chi connectivity index (χ3v) is 3.47. The molecule has 1 aliphatic rings. The second kappa shape index (κ2) is 3.63. The van der Waals surface area contributed by atoms with Gasteiger partial charge >= 0.3 is 0 Å². The third-order valence-electron chi connectivity index (χ3n) is 2.74. The van der Waals surface area contributed by atoms with Gasteiger partial charge in [-0.05, 0) is 29.5 Å². The van der Waals surface area contributed by atoms with Crippen molar-refractivity contribution in [3.63, 3.8) is 0 Å². The van der Waals surface area contributed by atoms with Crippen LogP contribution >= 0.6 is 15.9 Å². The monoisotopic (exact) mass is 257 g/mol. The Hall–Kier alpha value is -0.410. The van der Waals surface area contributed by atoms with Crippen molar-refractivity contribution < 1.29 is 4.39 Å². The number of rotatable bonds is 2. The average Bonchev–Trinajstić information content (AvgIpc) is 2.07. The van der Waals surface area contributed by atoms with Gasteiger partial charge in [-0.25, -0.2) is 4.39 Å². The summed E-state index contributed by atoms with van der Waals surface area (Å²) < 4.78 is 13.7. The van der Waals surface area contributed by atoms with E-state index in [0.29, 0.717) is 5.41 Å². The van der Waals surface area contributed by atoms with Crippen molar-refractivity contribution in [2.24, 2.45) is 5.41 Å². The van der Waals surface area contributed by atoms with E-state index in [1.807, 2.05) is 6.07 Å². The molecular formula is C11H13BrFN. The van der Waals surface area contributed by atoms with Crippen LogP contribution in [0.1, 0.15) is 12.5 Å². The van der Waals surface area contributed by atoms with Gasteiger partial charge in [0.05, 0.1) is 0 Å². The molecule has 0 spiro atoms. The Morgan fingerprint density at radius 2 is 2.21 bits per heavy atom. The van der Waals surface area contributed by atoms with Gasteiger partial charge in [-0.2, -0.15) is 0 Å². The number of hydrogen-bond acceptors (Lipinski definition) is 1. The Kier molecular flexibility index (Phi) is 2.62. The molecule has 3 heteroatoms. The molecule has 0 bridgehead atoms. The van der Waals surface area contributed by atoms with Crippen molar-refractivity contribution in [1.29, 1.82) is 0 Å². The van der Waals surface area contributed by atoms with Gasteiger partial charge in [-0.3, -0.25) is 0 Å². The van der Waals surface area contributed by atoms with Gasteiger partial charge in [0.1, 0.15) is 5.82 Å². The summed E-state index contributed by atoms with van der Waals surface area (Å²) in [4.78, 5) is 0. The van der Waals surface area contributed by atoms with Gasteiger partial charge in [0, 0.05) is 17.6 Å². The Labute approximate surface area is 91.8 Å². The highest BCUT2D eigenvalue weighted by Crippen LogP contribution is 2.30. The van der Waals surface area contributed by atoms with Crippen molar-refractivity contribution in [2.75, 3.05) is 13.1 Å². The maximum atomic E-state index is 12.8. The first-order chi connectivity index (χ1) is 6.59. The molecule has 1 nitrogen and oxygen atoms in total. The van der Waals surface area contributed by atoms with Crippen molar-refractivity contribution in [3.8, 4) is 0 Å². The number of hydrogen-bond donors (Lipinski definition) is 1. The lowest BCUT2D eigenvalue weighted by Crippen LogP contribution is -2.52. The fraction of sp³-hybridized carbons (Fsp3) is 0.455. The van der Waals surface area contributed by atoms with Crippen LogP contribution in [0.25, 0.3) is 0 Å². The summed E-state index contributed by atoms with van der Waals surface area (Å²) >= 11 is 3.39. The summed E-state index contributed by atoms with van der Waals surface area (Å²) in [7, 11) is 0. The second-order valence-corrected chi connectivity index (χ2v) is 5.18. The minimum absolute atomic E-state index is 0.183. The molecule has 14 heavy (non-hydrogen) atoms. The molecule has 1 fully saturated rings. The fourth-order valence-corrected chi connectivity index (χ4v) is 2.29. The van der Waals surface area contributed by atoms with Gasteiger partial charge < -0.3 is 5.32 Å². The molecule has 0 unspecified atom stereocenters. The molecule has 0 aliphatic carbocycles. The van der Waals surface area contributed by atoms with Gasteiger partial charge in [0.2, 0.25) is 0 Å². The summed E-state index contributed by atoms with van der Waals surface area (Å²) in [6, 6.07) is 4.92. The molecule has 1 heterocycles. The first-order valence-electron chi connectivity index (χ1n) is 4.74. The maximum Gasteiger partial charge on any atom is 0.124 e. The quantitative estimate of drug-likeness (QED) is 0.860. The second-order valence-electron chi connectivity index (χ2n) is 4.33. The number of nitrogens with one attached hydrogen (secondary N) is 1. The van der Waals surface area contributed by atoms with Crippen molar-refractivity contribution in [3.05, 3.63) is 34.1 Å². The average molecular weight is 258 g/mol. The molecule has 0 aromatic heterocycles. The lowest BCUT2D eigenvalue weighted by Gasteiger charge is -2.39. The Bertz CT molecular complexity index is 347. The predicted molar refractivity (Wildman–Crippen MR) is 58.8 cm³/mol. The lowest BCUT2D eigenvalue weighted by atomic mass is 9.78. The van der Waals surface area contributed by atoms with E-state index in [1.54, 1.807) is 0 Å². The van der Waals surface area contributed by atoms with Crippen molar-refractivity contribution in [1.82, 2.24) is 5.32 Å². The summed E-state index contributed by atoms with van der Waals surface area (Å²) in [5.41, 5.74) is 1.54. The molecular weight excluding hydrogens is 245 g/mol. The SMILES string of the molecule is CC1(Cc2ccc(F)cc2Br)CNC1. The highest BCUT2D eigenvalue weighted by molar-refractivity contribution is 9.10. The highest BCUT2D eigenvalue weighted by Gasteiger charge is 2.31. The van der Waals surface area contributed by atoms with E-state index in [2.05, 4.69) is 28.2 Å². The first-order valence-corrected chi connectivity index (χ1v) is 5.53. The van der Waals surface area contributed by atoms with Gasteiger partial charge in [0.25, 0.3) is 0 Å². The molecule has 1 saturated heterocycles. The molecule has 2 rings (SSSR count). The lowest BCUT2D eigenvalue weighted by molar-refractivity contribution is 0.195. The topological polar surface area (TPSA) is 12.0 Å². The minimum Gasteiger partial charge on any atom is -0.316 e. The molecule has 1 aromatic rings. The molecule has 1 aliphatic heterocycles. The van der Waals surface area contributed by atoms with Crippen LogP contribution in [-0.2, 0) is 6.42 Å². The van der Waals surface area contributed by atoms with Crippen molar-refractivity contribution >= 4 is 15.9 Å². The molecule has 1 aromatic carbocycles. The van der Waals surface area contributed by atoms with E-state index in [9.17, 15) is 4.39 Å². The molecule has 1 N–H and O–H groups in total. The zero-order valence-corrected chi connectivity index (χ0v) is 9.70. The van der Waals surface area contributed by atoms with E-state index in [4.69, 9.17) is 0 Å². The van der Waals surface area contributed by atoms with E-state index in [-0.39, 0.29) is 5.82 Å². The zero-order valence-electron chi connectivity index (χ0n) is 8.11. The van der Waals surface area contributed by atoms with Crippen LogP contribution in [0.5, 0.6) is 0 Å². The Morgan fingerprint density at radius 3 is 2.71 bits per heavy atom. The largest absolute Gasteiger partial charge is 0.316 e. The standard InChI is InChI=1S/C11H13BrFN/c1-11(6-14-7-11)5-8-2-3-9(13)4-10(8)12/h2-4,14H,5-7H2,1H3. The Morgan fingerprint density at radius 1 is 1.50 bits per heavy atom. The first kappa shape index (κ1) is 10.1. The number of benzene rings is 1. The Balaban J connectivity index is 2.16. The molecule has 76 valence electrons. The molecule has 0 amide bonds. The van der Waals surface area contributed by atoms with Crippen LogP contribution in [0.2, 0.25) is 0 Å². The third kappa shape index (κ3) is 1.98. The molecule has 0 atom stereocenters. The van der Waals surface area contributed by atoms with Gasteiger partial charge in [-0.1, -0.05) is 28.9 Å². The molecule has 0 radical (unpaired) electrons. The van der Waals surface area contributed by atoms with Crippen LogP contribution in [0, 0.1) is 11.2 Å². The van der Waals surface area contributed by atoms with Gasteiger partial charge in [0.15, 0.2) is 0 Å². The van der Waals surface area contributed by atoms with Crippen LogP contribution in [0.4, 0.5) is 4.39 Å². The summed E-state index contributed by atoms with van der Waals surface area (Å²) in [6.07, 6.45) is 1.00. The minimum atomic E-state index is -0.183. The predicted octanol–water partition coefficient (Wildman–Crippen LogP) is 2.74. The summed E-state index contributed by atoms with van der Waals surface area (Å²) in [5, 5.41) is 3.26. The summed E-state index contributed by atoms with van der Waals surface area (Å²) in [6.45, 7) is 4.35. The fourth-order valence-electron chi connectivity index (χ4n) is 1.80. The number of halogens is 2. The van der Waals surface area contributed by atoms with E-state index >= 15 is 0 Å². The van der Waals surface area contributed by atoms with Crippen LogP contribution in [0.15, 0.2) is 22.7 Å².